The summed E-state index contributed by atoms with van der Waals surface area (Å²) in [5.41, 5.74) is -0.981. The van der Waals surface area contributed by atoms with Crippen molar-refractivity contribution in [1.29, 1.82) is 0 Å². The van der Waals surface area contributed by atoms with Crippen LogP contribution in [-0.2, 0) is 23.8 Å². The first-order valence-electron chi connectivity index (χ1n) is 5.00. The Bertz CT molecular complexity index is 682. The van der Waals surface area contributed by atoms with E-state index in [1.807, 2.05) is 0 Å². The van der Waals surface area contributed by atoms with E-state index in [-0.39, 0.29) is 6.61 Å². The van der Waals surface area contributed by atoms with Gasteiger partial charge in [0.15, 0.2) is 11.6 Å². The lowest BCUT2D eigenvalue weighted by atomic mass is 10.3. The van der Waals surface area contributed by atoms with Crippen LogP contribution in [0, 0.1) is 11.6 Å². The molecule has 0 fully saturated rings. The zero-order valence-corrected chi connectivity index (χ0v) is 12.4. The maximum atomic E-state index is 13.6. The maximum absolute atomic E-state index is 13.6. The normalized spacial score (nSPS) is 12.4. The quantitative estimate of drug-likeness (QED) is 0.781. The molecule has 6 nitrogen and oxygen atoms in total. The second kappa shape index (κ2) is 6.20. The van der Waals surface area contributed by atoms with Gasteiger partial charge in [-0.05, 0) is 12.1 Å². The van der Waals surface area contributed by atoms with Crippen molar-refractivity contribution in [3.63, 3.8) is 0 Å². The highest BCUT2D eigenvalue weighted by molar-refractivity contribution is 8.13. The summed E-state index contributed by atoms with van der Waals surface area (Å²) in [6.45, 7) is -0.174. The number of benzene rings is 1. The van der Waals surface area contributed by atoms with Crippen LogP contribution in [0.3, 0.4) is 0 Å². The van der Waals surface area contributed by atoms with Crippen LogP contribution in [0.5, 0.6) is 0 Å². The number of methoxy groups -OCH3 is 1. The van der Waals surface area contributed by atoms with E-state index in [2.05, 4.69) is 4.74 Å². The van der Waals surface area contributed by atoms with Crippen molar-refractivity contribution in [3.8, 4) is 0 Å². The summed E-state index contributed by atoms with van der Waals surface area (Å²) < 4.78 is 78.2. The zero-order valence-electron chi connectivity index (χ0n) is 10.1. The number of halogens is 3. The average Bonchev–Trinajstić information content (AvgIpc) is 2.30. The molecule has 0 aliphatic carbocycles. The van der Waals surface area contributed by atoms with Crippen molar-refractivity contribution < 1.29 is 30.4 Å². The van der Waals surface area contributed by atoms with Gasteiger partial charge in [0.1, 0.15) is 5.69 Å². The van der Waals surface area contributed by atoms with E-state index in [4.69, 9.17) is 10.7 Å². The molecule has 1 aromatic rings. The Morgan fingerprint density at radius 1 is 1.20 bits per heavy atom. The number of ether oxygens (including phenoxy) is 1. The van der Waals surface area contributed by atoms with Gasteiger partial charge in [-0.1, -0.05) is 0 Å². The Morgan fingerprint density at radius 2 is 1.70 bits per heavy atom. The second-order valence-corrected chi connectivity index (χ2v) is 8.02. The third kappa shape index (κ3) is 4.54. The Balaban J connectivity index is 3.16. The highest BCUT2D eigenvalue weighted by atomic mass is 35.7. The van der Waals surface area contributed by atoms with Crippen LogP contribution in [0.15, 0.2) is 17.0 Å². The molecule has 0 spiro atoms. The number of hydrogen-bond acceptors (Lipinski definition) is 5. The average molecular weight is 350 g/mol. The second-order valence-electron chi connectivity index (χ2n) is 3.61. The number of nitrogens with one attached hydrogen (secondary N) is 1. The van der Waals surface area contributed by atoms with Crippen LogP contribution >= 0.6 is 10.7 Å². The van der Waals surface area contributed by atoms with E-state index in [9.17, 15) is 25.6 Å². The lowest BCUT2D eigenvalue weighted by Gasteiger charge is -2.10. The van der Waals surface area contributed by atoms with Crippen molar-refractivity contribution in [1.82, 2.24) is 0 Å². The molecule has 114 valence electrons. The fourth-order valence-corrected chi connectivity index (χ4v) is 2.94. The summed E-state index contributed by atoms with van der Waals surface area (Å²) >= 11 is 0. The fourth-order valence-electron chi connectivity index (χ4n) is 1.19. The number of rotatable bonds is 6. The van der Waals surface area contributed by atoms with E-state index >= 15 is 0 Å². The fraction of sp³-hybridized carbons (Fsp3) is 0.333. The van der Waals surface area contributed by atoms with Gasteiger partial charge in [-0.25, -0.2) is 25.6 Å². The Labute approximate surface area is 119 Å². The van der Waals surface area contributed by atoms with Crippen LogP contribution in [0.4, 0.5) is 14.5 Å². The number of sulfonamides is 1. The van der Waals surface area contributed by atoms with E-state index in [0.717, 1.165) is 0 Å². The molecule has 0 heterocycles. The van der Waals surface area contributed by atoms with Crippen LogP contribution in [-0.4, -0.2) is 36.3 Å². The Morgan fingerprint density at radius 3 is 2.10 bits per heavy atom. The van der Waals surface area contributed by atoms with Gasteiger partial charge < -0.3 is 4.74 Å². The van der Waals surface area contributed by atoms with Crippen molar-refractivity contribution in [3.05, 3.63) is 23.8 Å². The van der Waals surface area contributed by atoms with Crippen LogP contribution in [0.1, 0.15) is 0 Å². The molecule has 0 aromatic heterocycles. The largest absolute Gasteiger partial charge is 0.384 e. The minimum atomic E-state index is -4.33. The summed E-state index contributed by atoms with van der Waals surface area (Å²) in [5.74, 6) is -3.31. The summed E-state index contributed by atoms with van der Waals surface area (Å²) in [6.07, 6.45) is 0. The van der Waals surface area contributed by atoms with Crippen molar-refractivity contribution in [2.45, 2.75) is 4.90 Å². The molecule has 11 heteroatoms. The van der Waals surface area contributed by atoms with Gasteiger partial charge in [0, 0.05) is 17.8 Å². The molecule has 0 saturated carbocycles. The Kier molecular flexibility index (Phi) is 5.30. The first-order chi connectivity index (χ1) is 9.07. The third-order valence-corrected chi connectivity index (χ3v) is 4.66. The smallest absolute Gasteiger partial charge is 0.261 e. The predicted molar refractivity (Wildman–Crippen MR) is 68.7 cm³/mol. The lowest BCUT2D eigenvalue weighted by Crippen LogP contribution is -2.21. The lowest BCUT2D eigenvalue weighted by molar-refractivity contribution is 0.217. The third-order valence-electron chi connectivity index (χ3n) is 2.11. The van der Waals surface area contributed by atoms with Crippen molar-refractivity contribution in [2.75, 3.05) is 24.2 Å². The van der Waals surface area contributed by atoms with E-state index < -0.39 is 47.0 Å². The van der Waals surface area contributed by atoms with E-state index in [0.29, 0.717) is 12.1 Å². The predicted octanol–water partition coefficient (Wildman–Crippen LogP) is 1.28. The molecule has 0 atom stereocenters. The van der Waals surface area contributed by atoms with E-state index in [1.54, 1.807) is 4.72 Å². The highest BCUT2D eigenvalue weighted by Crippen LogP contribution is 2.26. The van der Waals surface area contributed by atoms with Gasteiger partial charge in [-0.15, -0.1) is 0 Å². The van der Waals surface area contributed by atoms with Gasteiger partial charge in [-0.3, -0.25) is 4.72 Å². The molecule has 0 amide bonds. The summed E-state index contributed by atoms with van der Waals surface area (Å²) in [6, 6.07) is 0.833. The van der Waals surface area contributed by atoms with Gasteiger partial charge in [0.25, 0.3) is 9.05 Å². The van der Waals surface area contributed by atoms with E-state index in [1.165, 1.54) is 7.11 Å². The molecule has 0 saturated heterocycles. The summed E-state index contributed by atoms with van der Waals surface area (Å²) in [4.78, 5) is -0.811. The molecule has 0 aliphatic rings. The monoisotopic (exact) mass is 349 g/mol. The molecule has 20 heavy (non-hydrogen) atoms. The molecule has 0 unspecified atom stereocenters. The molecular weight excluding hydrogens is 340 g/mol. The van der Waals surface area contributed by atoms with Gasteiger partial charge in [0.05, 0.1) is 17.3 Å². The molecule has 0 radical (unpaired) electrons. The molecule has 1 aromatic carbocycles. The van der Waals surface area contributed by atoms with Crippen LogP contribution in [0.25, 0.3) is 0 Å². The van der Waals surface area contributed by atoms with Gasteiger partial charge in [0.2, 0.25) is 10.0 Å². The zero-order chi connectivity index (χ0) is 15.6. The minimum Gasteiger partial charge on any atom is -0.384 e. The minimum absolute atomic E-state index is 0.174. The summed E-state index contributed by atoms with van der Waals surface area (Å²) in [5, 5.41) is 0. The van der Waals surface area contributed by atoms with Crippen LogP contribution in [0.2, 0.25) is 0 Å². The first kappa shape index (κ1) is 17.1. The topological polar surface area (TPSA) is 89.5 Å². The molecule has 0 bridgehead atoms. The standard InChI is InChI=1S/C9H10ClF2NO5S2/c1-18-2-3-19(14,15)13-9-7(11)4-6(5-8(9)12)20(10,16)17/h4-5,13H,2-3H2,1H3. The SMILES string of the molecule is COCCS(=O)(=O)Nc1c(F)cc(S(=O)(=O)Cl)cc1F. The number of hydrogen-bond donors (Lipinski definition) is 1. The molecule has 1 rings (SSSR count). The van der Waals surface area contributed by atoms with Crippen molar-refractivity contribution in [2.24, 2.45) is 0 Å². The van der Waals surface area contributed by atoms with Crippen molar-refractivity contribution >= 4 is 35.4 Å². The molecule has 1 N–H and O–H groups in total. The first-order valence-corrected chi connectivity index (χ1v) is 8.96. The highest BCUT2D eigenvalue weighted by Gasteiger charge is 2.21. The Hall–Kier alpha value is -0.970. The van der Waals surface area contributed by atoms with Gasteiger partial charge >= 0.3 is 0 Å². The maximum Gasteiger partial charge on any atom is 0.261 e. The molecular formula is C9H10ClF2NO5S2. The summed E-state index contributed by atoms with van der Waals surface area (Å²) in [7, 11) is -2.15. The molecule has 0 aliphatic heterocycles. The number of anilines is 1. The van der Waals surface area contributed by atoms with Crippen LogP contribution < -0.4 is 4.72 Å². The van der Waals surface area contributed by atoms with Gasteiger partial charge in [-0.2, -0.15) is 0 Å².